The Morgan fingerprint density at radius 1 is 0.889 bits per heavy atom. The minimum Gasteiger partial charge on any atom is -0.333 e. The standard InChI is InChI=1S/C11H25N.C2H6.CH5N.CH4S/c1-5-9-11(7-3,10-6-2)12-8-4;3*1-2/h12H,5-10H2,1-4H3;1-2H3;2H2,1H3;2H,1H3. The van der Waals surface area contributed by atoms with Gasteiger partial charge in [-0.05, 0) is 39.1 Å². The van der Waals surface area contributed by atoms with Crippen molar-refractivity contribution in [2.45, 2.75) is 79.2 Å². The van der Waals surface area contributed by atoms with Crippen molar-refractivity contribution < 1.29 is 0 Å². The van der Waals surface area contributed by atoms with Gasteiger partial charge in [-0.25, -0.2) is 0 Å². The van der Waals surface area contributed by atoms with Crippen LogP contribution < -0.4 is 11.1 Å². The van der Waals surface area contributed by atoms with Gasteiger partial charge in [0.2, 0.25) is 0 Å². The zero-order chi connectivity index (χ0) is 15.4. The van der Waals surface area contributed by atoms with Crippen molar-refractivity contribution in [2.24, 2.45) is 5.73 Å². The first kappa shape index (κ1) is 26.8. The lowest BCUT2D eigenvalue weighted by Crippen LogP contribution is -2.44. The Labute approximate surface area is 123 Å². The summed E-state index contributed by atoms with van der Waals surface area (Å²) in [5, 5.41) is 3.65. The highest BCUT2D eigenvalue weighted by Crippen LogP contribution is 2.22. The Hall–Kier alpha value is 0.270. The average molecular weight is 281 g/mol. The Balaban J connectivity index is -0.000000141. The molecular weight excluding hydrogens is 240 g/mol. The molecule has 0 radical (unpaired) electrons. The topological polar surface area (TPSA) is 38.0 Å². The van der Waals surface area contributed by atoms with Crippen molar-refractivity contribution in [2.75, 3.05) is 19.8 Å². The van der Waals surface area contributed by atoms with Crippen LogP contribution in [0, 0.1) is 0 Å². The summed E-state index contributed by atoms with van der Waals surface area (Å²) in [5.74, 6) is 0. The Morgan fingerprint density at radius 2 is 1.22 bits per heavy atom. The van der Waals surface area contributed by atoms with Crippen LogP contribution in [-0.2, 0) is 0 Å². The van der Waals surface area contributed by atoms with Crippen molar-refractivity contribution >= 4 is 12.6 Å². The molecule has 0 aromatic carbocycles. The van der Waals surface area contributed by atoms with Crippen LogP contribution in [0.4, 0.5) is 0 Å². The van der Waals surface area contributed by atoms with Crippen LogP contribution in [0.2, 0.25) is 0 Å². The lowest BCUT2D eigenvalue weighted by atomic mass is 9.86. The molecule has 2 nitrogen and oxygen atoms in total. The molecule has 3 heteroatoms. The second kappa shape index (κ2) is 26.0. The van der Waals surface area contributed by atoms with Gasteiger partial charge < -0.3 is 11.1 Å². The molecule has 18 heavy (non-hydrogen) atoms. The molecule has 0 aliphatic rings. The van der Waals surface area contributed by atoms with Crippen molar-refractivity contribution in [3.63, 3.8) is 0 Å². The highest BCUT2D eigenvalue weighted by Gasteiger charge is 2.23. The van der Waals surface area contributed by atoms with E-state index in [4.69, 9.17) is 0 Å². The van der Waals surface area contributed by atoms with Crippen LogP contribution in [0.25, 0.3) is 0 Å². The van der Waals surface area contributed by atoms with E-state index in [1.807, 2.05) is 13.8 Å². The normalized spacial score (nSPS) is 9.00. The van der Waals surface area contributed by atoms with Gasteiger partial charge in [0.25, 0.3) is 0 Å². The third-order valence-corrected chi connectivity index (χ3v) is 2.69. The number of hydrogen-bond acceptors (Lipinski definition) is 3. The van der Waals surface area contributed by atoms with Crippen LogP contribution in [0.3, 0.4) is 0 Å². The number of nitrogens with two attached hydrogens (primary N) is 1. The van der Waals surface area contributed by atoms with Crippen LogP contribution in [-0.4, -0.2) is 25.4 Å². The van der Waals surface area contributed by atoms with E-state index in [1.54, 1.807) is 6.26 Å². The van der Waals surface area contributed by atoms with Gasteiger partial charge in [-0.3, -0.25) is 0 Å². The largest absolute Gasteiger partial charge is 0.333 e. The molecule has 0 aliphatic carbocycles. The van der Waals surface area contributed by atoms with Crippen LogP contribution in [0.1, 0.15) is 73.6 Å². The van der Waals surface area contributed by atoms with Gasteiger partial charge in [-0.15, -0.1) is 0 Å². The third-order valence-electron chi connectivity index (χ3n) is 2.69. The predicted octanol–water partition coefficient (Wildman–Crippen LogP) is 4.49. The van der Waals surface area contributed by atoms with Crippen LogP contribution >= 0.6 is 12.6 Å². The number of thiol groups is 1. The minimum atomic E-state index is 0.443. The van der Waals surface area contributed by atoms with Gasteiger partial charge in [-0.1, -0.05) is 54.4 Å². The number of hydrogen-bond donors (Lipinski definition) is 3. The van der Waals surface area contributed by atoms with E-state index in [-0.39, 0.29) is 0 Å². The Bertz CT molecular complexity index is 91.6. The Morgan fingerprint density at radius 3 is 1.39 bits per heavy atom. The lowest BCUT2D eigenvalue weighted by molar-refractivity contribution is 0.270. The van der Waals surface area contributed by atoms with Gasteiger partial charge >= 0.3 is 0 Å². The van der Waals surface area contributed by atoms with Gasteiger partial charge in [0, 0.05) is 5.54 Å². The van der Waals surface area contributed by atoms with Crippen molar-refractivity contribution in [3.05, 3.63) is 0 Å². The van der Waals surface area contributed by atoms with E-state index < -0.39 is 0 Å². The fourth-order valence-electron chi connectivity index (χ4n) is 2.11. The molecule has 0 amide bonds. The maximum atomic E-state index is 4.50. The number of rotatable bonds is 7. The van der Waals surface area contributed by atoms with E-state index in [1.165, 1.54) is 39.2 Å². The predicted molar refractivity (Wildman–Crippen MR) is 92.9 cm³/mol. The van der Waals surface area contributed by atoms with E-state index in [0.29, 0.717) is 5.54 Å². The summed E-state index contributed by atoms with van der Waals surface area (Å²) in [7, 11) is 1.50. The molecule has 0 bridgehead atoms. The first-order valence-electron chi connectivity index (χ1n) is 7.52. The molecule has 0 aliphatic heterocycles. The maximum Gasteiger partial charge on any atom is 0.0178 e. The van der Waals surface area contributed by atoms with E-state index >= 15 is 0 Å². The molecule has 0 unspecified atom stereocenters. The van der Waals surface area contributed by atoms with Gasteiger partial charge in [0.1, 0.15) is 0 Å². The number of nitrogens with one attached hydrogen (secondary N) is 1. The quantitative estimate of drug-likeness (QED) is 0.601. The first-order valence-corrected chi connectivity index (χ1v) is 8.41. The molecule has 0 saturated carbocycles. The molecule has 0 atom stereocenters. The fourth-order valence-corrected chi connectivity index (χ4v) is 2.11. The van der Waals surface area contributed by atoms with Gasteiger partial charge in [0.05, 0.1) is 0 Å². The summed E-state index contributed by atoms with van der Waals surface area (Å²) in [6, 6.07) is 0. The van der Waals surface area contributed by atoms with Crippen molar-refractivity contribution in [1.82, 2.24) is 5.32 Å². The monoisotopic (exact) mass is 280 g/mol. The SMILES string of the molecule is CC.CCCC(CC)(CCC)NCC.CN.CS. The smallest absolute Gasteiger partial charge is 0.0178 e. The molecular formula is C15H40N2S. The first-order chi connectivity index (χ1) is 8.74. The van der Waals surface area contributed by atoms with Crippen molar-refractivity contribution in [1.29, 1.82) is 0 Å². The lowest BCUT2D eigenvalue weighted by Gasteiger charge is -2.33. The molecule has 0 spiro atoms. The van der Waals surface area contributed by atoms with Gasteiger partial charge in [-0.2, -0.15) is 12.6 Å². The fraction of sp³-hybridized carbons (Fsp3) is 1.00. The molecule has 0 saturated heterocycles. The second-order valence-corrected chi connectivity index (χ2v) is 3.66. The summed E-state index contributed by atoms with van der Waals surface area (Å²) in [6.07, 6.45) is 8.20. The average Bonchev–Trinajstić information content (AvgIpc) is 2.46. The van der Waals surface area contributed by atoms with E-state index in [2.05, 4.69) is 51.4 Å². The van der Waals surface area contributed by atoms with Crippen LogP contribution in [0.15, 0.2) is 0 Å². The summed E-state index contributed by atoms with van der Waals surface area (Å²) in [4.78, 5) is 0. The maximum absolute atomic E-state index is 4.50. The zero-order valence-electron chi connectivity index (χ0n) is 14.3. The van der Waals surface area contributed by atoms with Crippen LogP contribution in [0.5, 0.6) is 0 Å². The summed E-state index contributed by atoms with van der Waals surface area (Å²) < 4.78 is 0. The minimum absolute atomic E-state index is 0.443. The third kappa shape index (κ3) is 16.3. The van der Waals surface area contributed by atoms with Crippen molar-refractivity contribution in [3.8, 4) is 0 Å². The summed E-state index contributed by atoms with van der Waals surface area (Å²) in [6.45, 7) is 14.2. The molecule has 0 rings (SSSR count). The van der Waals surface area contributed by atoms with E-state index in [0.717, 1.165) is 6.54 Å². The molecule has 0 aromatic rings. The molecule has 0 aromatic heterocycles. The molecule has 3 N–H and O–H groups in total. The Kier molecular flexibility index (Phi) is 38.6. The highest BCUT2D eigenvalue weighted by atomic mass is 32.1. The highest BCUT2D eigenvalue weighted by molar-refractivity contribution is 7.79. The molecule has 0 fully saturated rings. The summed E-state index contributed by atoms with van der Waals surface area (Å²) >= 11 is 3.53. The molecule has 0 heterocycles. The summed E-state index contributed by atoms with van der Waals surface area (Å²) in [5.41, 5.74) is 4.94. The second-order valence-electron chi connectivity index (χ2n) is 3.66. The van der Waals surface area contributed by atoms with E-state index in [9.17, 15) is 0 Å². The molecule has 116 valence electrons. The zero-order valence-corrected chi connectivity index (χ0v) is 15.2. The van der Waals surface area contributed by atoms with Gasteiger partial charge in [0.15, 0.2) is 0 Å².